The molecule has 4 nitrogen and oxygen atoms in total. The fourth-order valence-corrected chi connectivity index (χ4v) is 1.56. The molecule has 0 amide bonds. The average molecular weight is 239 g/mol. The summed E-state index contributed by atoms with van der Waals surface area (Å²) in [7, 11) is 1.18. The van der Waals surface area contributed by atoms with Crippen LogP contribution in [0.3, 0.4) is 0 Å². The predicted molar refractivity (Wildman–Crippen MR) is 65.0 cm³/mol. The second-order valence-electron chi connectivity index (χ2n) is 3.54. The molecule has 0 bridgehead atoms. The van der Waals surface area contributed by atoms with E-state index in [1.54, 1.807) is 13.1 Å². The minimum atomic E-state index is -1.88. The van der Waals surface area contributed by atoms with Gasteiger partial charge in [0.25, 0.3) is 0 Å². The number of hydrogen-bond donors (Lipinski definition) is 3. The summed E-state index contributed by atoms with van der Waals surface area (Å²) in [6, 6.07) is 3.10. The molecule has 0 heterocycles. The highest BCUT2D eigenvalue weighted by Gasteiger charge is 2.23. The molecule has 1 rings (SSSR count). The lowest BCUT2D eigenvalue weighted by Crippen LogP contribution is -2.37. The predicted octanol–water partition coefficient (Wildman–Crippen LogP) is -0.158. The van der Waals surface area contributed by atoms with Gasteiger partial charge in [0.1, 0.15) is 5.82 Å². The Morgan fingerprint density at radius 3 is 2.65 bits per heavy atom. The minimum absolute atomic E-state index is 0.107. The molecule has 6 heteroatoms. The second kappa shape index (κ2) is 5.81. The number of halogens is 1. The molecule has 1 aromatic carbocycles. The van der Waals surface area contributed by atoms with Crippen molar-refractivity contribution < 1.29 is 19.2 Å². The molecule has 0 radical (unpaired) electrons. The largest absolute Gasteiger partial charge is 0.491 e. The summed E-state index contributed by atoms with van der Waals surface area (Å²) >= 11 is 0. The van der Waals surface area contributed by atoms with Crippen molar-refractivity contribution in [3.63, 3.8) is 0 Å². The Bertz CT molecular complexity index is 423. The molecule has 1 aromatic rings. The van der Waals surface area contributed by atoms with Crippen molar-refractivity contribution in [2.24, 2.45) is 0 Å². The summed E-state index contributed by atoms with van der Waals surface area (Å²) in [5, 5.41) is 21.1. The average Bonchev–Trinajstić information content (AvgIpc) is 2.28. The van der Waals surface area contributed by atoms with Crippen LogP contribution in [0.1, 0.15) is 11.1 Å². The van der Waals surface area contributed by atoms with E-state index in [-0.39, 0.29) is 17.6 Å². The molecule has 0 spiro atoms. The van der Waals surface area contributed by atoms with Gasteiger partial charge in [0.05, 0.1) is 6.61 Å². The minimum Gasteiger partial charge on any atom is -0.423 e. The maximum absolute atomic E-state index is 14.1. The summed E-state index contributed by atoms with van der Waals surface area (Å²) in [6.07, 6.45) is 0. The smallest absolute Gasteiger partial charge is 0.423 e. The van der Waals surface area contributed by atoms with E-state index in [1.807, 2.05) is 0 Å². The Morgan fingerprint density at radius 2 is 2.18 bits per heavy atom. The molecule has 0 aliphatic heterocycles. The first-order chi connectivity index (χ1) is 8.02. The van der Waals surface area contributed by atoms with Gasteiger partial charge >= 0.3 is 7.12 Å². The van der Waals surface area contributed by atoms with E-state index in [0.29, 0.717) is 11.3 Å². The zero-order valence-electron chi connectivity index (χ0n) is 9.83. The van der Waals surface area contributed by atoms with Crippen LogP contribution < -0.4 is 10.8 Å². The van der Waals surface area contributed by atoms with Gasteiger partial charge in [-0.3, -0.25) is 0 Å². The molecule has 0 saturated carbocycles. The number of rotatable bonds is 5. The molecular weight excluding hydrogens is 224 g/mol. The monoisotopic (exact) mass is 239 g/mol. The van der Waals surface area contributed by atoms with Crippen molar-refractivity contribution in [2.45, 2.75) is 6.61 Å². The van der Waals surface area contributed by atoms with E-state index in [0.717, 1.165) is 0 Å². The van der Waals surface area contributed by atoms with Gasteiger partial charge in [-0.1, -0.05) is 12.6 Å². The molecule has 17 heavy (non-hydrogen) atoms. The molecule has 0 atom stereocenters. The van der Waals surface area contributed by atoms with E-state index in [2.05, 4.69) is 11.9 Å². The van der Waals surface area contributed by atoms with Crippen LogP contribution in [0.5, 0.6) is 0 Å². The van der Waals surface area contributed by atoms with E-state index in [4.69, 9.17) is 4.74 Å². The zero-order valence-corrected chi connectivity index (χ0v) is 9.83. The first-order valence-corrected chi connectivity index (χ1v) is 5.06. The van der Waals surface area contributed by atoms with Gasteiger partial charge < -0.3 is 20.1 Å². The Kier molecular flexibility index (Phi) is 4.68. The van der Waals surface area contributed by atoms with Crippen LogP contribution >= 0.6 is 0 Å². The van der Waals surface area contributed by atoms with Gasteiger partial charge in [0.2, 0.25) is 0 Å². The van der Waals surface area contributed by atoms with Gasteiger partial charge in [-0.25, -0.2) is 4.39 Å². The van der Waals surface area contributed by atoms with E-state index in [1.165, 1.54) is 13.2 Å². The fourth-order valence-electron chi connectivity index (χ4n) is 1.56. The summed E-state index contributed by atoms with van der Waals surface area (Å²) < 4.78 is 18.9. The van der Waals surface area contributed by atoms with Crippen LogP contribution in [-0.4, -0.2) is 31.3 Å². The van der Waals surface area contributed by atoms with Crippen LogP contribution in [-0.2, 0) is 11.3 Å². The maximum Gasteiger partial charge on any atom is 0.491 e. The van der Waals surface area contributed by atoms with Crippen LogP contribution in [0.2, 0.25) is 0 Å². The number of benzene rings is 1. The van der Waals surface area contributed by atoms with Crippen molar-refractivity contribution in [1.29, 1.82) is 0 Å². The van der Waals surface area contributed by atoms with Gasteiger partial charge in [-0.2, -0.15) is 0 Å². The quantitative estimate of drug-likeness (QED) is 0.625. The lowest BCUT2D eigenvalue weighted by atomic mass is 9.75. The van der Waals surface area contributed by atoms with E-state index < -0.39 is 12.9 Å². The lowest BCUT2D eigenvalue weighted by Gasteiger charge is -2.14. The van der Waals surface area contributed by atoms with Crippen molar-refractivity contribution in [3.05, 3.63) is 35.7 Å². The summed E-state index contributed by atoms with van der Waals surface area (Å²) in [5.41, 5.74) is 0.789. The lowest BCUT2D eigenvalue weighted by molar-refractivity contribution is 0.185. The van der Waals surface area contributed by atoms with Gasteiger partial charge in [-0.05, 0) is 11.6 Å². The first kappa shape index (κ1) is 13.7. The van der Waals surface area contributed by atoms with Crippen LogP contribution in [0, 0.1) is 5.82 Å². The summed E-state index contributed by atoms with van der Waals surface area (Å²) in [4.78, 5) is 0. The molecule has 0 unspecified atom stereocenters. The Hall–Kier alpha value is -1.37. The molecule has 0 saturated heterocycles. The molecule has 92 valence electrons. The summed E-state index contributed by atoms with van der Waals surface area (Å²) in [6.45, 7) is 3.74. The Morgan fingerprint density at radius 1 is 1.53 bits per heavy atom. The Balaban J connectivity index is 3.33. The molecule has 0 aromatic heterocycles. The first-order valence-electron chi connectivity index (χ1n) is 5.06. The molecule has 0 aliphatic rings. The van der Waals surface area contributed by atoms with Gasteiger partial charge in [0.15, 0.2) is 0 Å². The van der Waals surface area contributed by atoms with Gasteiger partial charge in [-0.15, -0.1) is 0 Å². The SMILES string of the molecule is C=C(NC)c1ccc(COC)c(B(O)O)c1F. The molecule has 3 N–H and O–H groups in total. The van der Waals surface area contributed by atoms with Gasteiger partial charge in [0, 0.05) is 30.9 Å². The van der Waals surface area contributed by atoms with Crippen LogP contribution in [0.4, 0.5) is 4.39 Å². The topological polar surface area (TPSA) is 61.7 Å². The van der Waals surface area contributed by atoms with E-state index in [9.17, 15) is 14.4 Å². The van der Waals surface area contributed by atoms with E-state index >= 15 is 0 Å². The molecular formula is C11H15BFNO3. The van der Waals surface area contributed by atoms with Crippen molar-refractivity contribution in [2.75, 3.05) is 14.2 Å². The third kappa shape index (κ3) is 2.85. The normalized spacial score (nSPS) is 10.2. The number of nitrogens with one attached hydrogen (secondary N) is 1. The number of hydrogen-bond acceptors (Lipinski definition) is 4. The third-order valence-electron chi connectivity index (χ3n) is 2.46. The standard InChI is InChI=1S/C11H15BFNO3/c1-7(14-2)9-5-4-8(6-17-3)10(11(9)13)12(15)16/h4-5,14-16H,1,6H2,2-3H3. The maximum atomic E-state index is 14.1. The highest BCUT2D eigenvalue weighted by molar-refractivity contribution is 6.59. The Labute approximate surface area is 99.9 Å². The third-order valence-corrected chi connectivity index (χ3v) is 2.46. The molecule has 0 fully saturated rings. The van der Waals surface area contributed by atoms with Crippen molar-refractivity contribution >= 4 is 18.3 Å². The number of ether oxygens (including phenoxy) is 1. The van der Waals surface area contributed by atoms with Crippen LogP contribution in [0.25, 0.3) is 5.70 Å². The molecule has 0 aliphatic carbocycles. The van der Waals surface area contributed by atoms with Crippen LogP contribution in [0.15, 0.2) is 18.7 Å². The summed E-state index contributed by atoms with van der Waals surface area (Å²) in [5.74, 6) is -0.700. The fraction of sp³-hybridized carbons (Fsp3) is 0.273. The van der Waals surface area contributed by atoms with Crippen molar-refractivity contribution in [3.8, 4) is 0 Å². The highest BCUT2D eigenvalue weighted by atomic mass is 19.1. The number of methoxy groups -OCH3 is 1. The zero-order chi connectivity index (χ0) is 13.0. The highest BCUT2D eigenvalue weighted by Crippen LogP contribution is 2.15. The van der Waals surface area contributed by atoms with Crippen molar-refractivity contribution in [1.82, 2.24) is 5.32 Å². The second-order valence-corrected chi connectivity index (χ2v) is 3.54.